The second-order valence-electron chi connectivity index (χ2n) is 12.6. The van der Waals surface area contributed by atoms with Gasteiger partial charge in [-0.25, -0.2) is 0 Å². The van der Waals surface area contributed by atoms with Crippen LogP contribution >= 0.6 is 0 Å². The standard InChI is InChI=1S/C39H49N3/c1-26-22-27(2)37-20-11-17-34-14-8-18-35(42-34)24-40-25-39-29(4)23-28(3)38(31(39)6)21-10-16-33-13-7-12-32(41-33)15-9-19-36(26)30(37)5/h7-8,12-14,18,22-23,40H,9-11,15-17,19-21,24-25H2,1-6H3. The zero-order chi connectivity index (χ0) is 29.6. The van der Waals surface area contributed by atoms with Gasteiger partial charge < -0.3 is 5.32 Å². The maximum atomic E-state index is 5.08. The highest BCUT2D eigenvalue weighted by Crippen LogP contribution is 2.27. The zero-order valence-corrected chi connectivity index (χ0v) is 26.8. The van der Waals surface area contributed by atoms with E-state index in [4.69, 9.17) is 9.97 Å². The Hall–Kier alpha value is -3.30. The number of rotatable bonds is 0. The third-order valence-electron chi connectivity index (χ3n) is 9.50. The van der Waals surface area contributed by atoms with Crippen LogP contribution in [0.4, 0.5) is 0 Å². The Balaban J connectivity index is 1.41. The van der Waals surface area contributed by atoms with E-state index in [1.807, 2.05) is 0 Å². The quantitative estimate of drug-likeness (QED) is 0.235. The normalized spacial score (nSPS) is 15.2. The number of benzene rings is 2. The van der Waals surface area contributed by atoms with Gasteiger partial charge in [0.05, 0.1) is 5.69 Å². The Morgan fingerprint density at radius 3 is 1.31 bits per heavy atom. The molecule has 0 saturated heterocycles. The fourth-order valence-electron chi connectivity index (χ4n) is 7.20. The van der Waals surface area contributed by atoms with Gasteiger partial charge in [0.15, 0.2) is 0 Å². The Morgan fingerprint density at radius 1 is 0.452 bits per heavy atom. The molecule has 3 heterocycles. The fourth-order valence-corrected chi connectivity index (χ4v) is 7.20. The Labute approximate surface area is 254 Å². The third kappa shape index (κ3) is 7.18. The molecule has 0 saturated carbocycles. The third-order valence-corrected chi connectivity index (χ3v) is 9.50. The topological polar surface area (TPSA) is 37.8 Å². The van der Waals surface area contributed by atoms with E-state index in [2.05, 4.69) is 95.4 Å². The highest BCUT2D eigenvalue weighted by Gasteiger charge is 2.14. The van der Waals surface area contributed by atoms with Crippen LogP contribution < -0.4 is 5.32 Å². The lowest BCUT2D eigenvalue weighted by atomic mass is 9.88. The summed E-state index contributed by atoms with van der Waals surface area (Å²) in [6, 6.07) is 17.9. The van der Waals surface area contributed by atoms with Crippen molar-refractivity contribution in [3.63, 3.8) is 0 Å². The van der Waals surface area contributed by atoms with Gasteiger partial charge in [0.1, 0.15) is 0 Å². The van der Waals surface area contributed by atoms with E-state index in [1.54, 1.807) is 0 Å². The van der Waals surface area contributed by atoms with Gasteiger partial charge >= 0.3 is 0 Å². The van der Waals surface area contributed by atoms with Crippen LogP contribution in [-0.4, -0.2) is 9.97 Å². The van der Waals surface area contributed by atoms with E-state index in [0.717, 1.165) is 76.6 Å². The summed E-state index contributed by atoms with van der Waals surface area (Å²) in [5.74, 6) is 0. The van der Waals surface area contributed by atoms with Crippen molar-refractivity contribution in [2.75, 3.05) is 0 Å². The van der Waals surface area contributed by atoms with Gasteiger partial charge in [-0.05, 0) is 179 Å². The molecule has 0 spiro atoms. The first-order chi connectivity index (χ1) is 20.3. The summed E-state index contributed by atoms with van der Waals surface area (Å²) in [5, 5.41) is 3.71. The van der Waals surface area contributed by atoms with Gasteiger partial charge in [-0.2, -0.15) is 0 Å². The number of nitrogens with zero attached hydrogens (tertiary/aromatic N) is 2. The summed E-state index contributed by atoms with van der Waals surface area (Å²) in [7, 11) is 0. The van der Waals surface area contributed by atoms with Gasteiger partial charge in [-0.1, -0.05) is 24.3 Å². The predicted molar refractivity (Wildman–Crippen MR) is 176 cm³/mol. The van der Waals surface area contributed by atoms with Crippen LogP contribution in [0.25, 0.3) is 0 Å². The minimum absolute atomic E-state index is 0.789. The number of aryl methyl sites for hydroxylation is 7. The molecule has 2 aromatic heterocycles. The van der Waals surface area contributed by atoms with Crippen LogP contribution in [0.5, 0.6) is 0 Å². The summed E-state index contributed by atoms with van der Waals surface area (Å²) in [4.78, 5) is 10.1. The smallest absolute Gasteiger partial charge is 0.0545 e. The summed E-state index contributed by atoms with van der Waals surface area (Å²) >= 11 is 0. The average Bonchev–Trinajstić information content (AvgIpc) is 2.96. The number of nitrogens with one attached hydrogen (secondary N) is 1. The molecule has 0 fully saturated rings. The van der Waals surface area contributed by atoms with E-state index in [9.17, 15) is 0 Å². The number of aromatic nitrogens is 2. The molecule has 2 aromatic carbocycles. The summed E-state index contributed by atoms with van der Waals surface area (Å²) < 4.78 is 0. The molecule has 42 heavy (non-hydrogen) atoms. The van der Waals surface area contributed by atoms with Crippen LogP contribution in [0.1, 0.15) is 97.7 Å². The second-order valence-corrected chi connectivity index (χ2v) is 12.6. The van der Waals surface area contributed by atoms with Crippen molar-refractivity contribution in [3.8, 4) is 0 Å². The van der Waals surface area contributed by atoms with Gasteiger partial charge in [-0.15, -0.1) is 0 Å². The van der Waals surface area contributed by atoms with Crippen molar-refractivity contribution in [2.45, 2.75) is 112 Å². The van der Waals surface area contributed by atoms with E-state index in [1.165, 1.54) is 72.7 Å². The van der Waals surface area contributed by atoms with Crippen LogP contribution in [0.15, 0.2) is 48.5 Å². The monoisotopic (exact) mass is 559 g/mol. The molecule has 3 nitrogen and oxygen atoms in total. The van der Waals surface area contributed by atoms with Crippen molar-refractivity contribution >= 4 is 0 Å². The molecular formula is C39H49N3. The highest BCUT2D eigenvalue weighted by molar-refractivity contribution is 5.46. The van der Waals surface area contributed by atoms with Crippen molar-refractivity contribution in [2.24, 2.45) is 0 Å². The minimum Gasteiger partial charge on any atom is -0.307 e. The van der Waals surface area contributed by atoms with Crippen molar-refractivity contribution in [3.05, 3.63) is 127 Å². The van der Waals surface area contributed by atoms with Gasteiger partial charge in [-0.3, -0.25) is 9.97 Å². The second kappa shape index (κ2) is 13.8. The molecule has 220 valence electrons. The van der Waals surface area contributed by atoms with Gasteiger partial charge in [0, 0.05) is 30.2 Å². The molecule has 1 aliphatic rings. The molecule has 0 amide bonds. The maximum Gasteiger partial charge on any atom is 0.0545 e. The average molecular weight is 560 g/mol. The molecule has 1 aliphatic heterocycles. The van der Waals surface area contributed by atoms with Crippen LogP contribution in [0, 0.1) is 41.5 Å². The first-order valence-corrected chi connectivity index (χ1v) is 16.1. The first kappa shape index (κ1) is 30.2. The first-order valence-electron chi connectivity index (χ1n) is 16.1. The van der Waals surface area contributed by atoms with E-state index in [0.29, 0.717) is 0 Å². The molecule has 1 N–H and O–H groups in total. The van der Waals surface area contributed by atoms with Crippen molar-refractivity contribution in [1.29, 1.82) is 0 Å². The fraction of sp³-hybridized carbons (Fsp3) is 0.436. The number of fused-ring (bicyclic) bond motifs is 8. The Morgan fingerprint density at radius 2 is 0.833 bits per heavy atom. The minimum atomic E-state index is 0.789. The van der Waals surface area contributed by atoms with Crippen LogP contribution in [0.2, 0.25) is 0 Å². The number of pyridine rings is 2. The molecule has 0 atom stereocenters. The molecule has 0 aliphatic carbocycles. The maximum absolute atomic E-state index is 5.08. The summed E-state index contributed by atoms with van der Waals surface area (Å²) in [5.41, 5.74) is 19.4. The highest BCUT2D eigenvalue weighted by atomic mass is 14.9. The largest absolute Gasteiger partial charge is 0.307 e. The molecule has 5 rings (SSSR count). The zero-order valence-electron chi connectivity index (χ0n) is 26.8. The lowest BCUT2D eigenvalue weighted by Crippen LogP contribution is -2.17. The lowest BCUT2D eigenvalue weighted by Gasteiger charge is -2.19. The van der Waals surface area contributed by atoms with Crippen molar-refractivity contribution < 1.29 is 0 Å². The van der Waals surface area contributed by atoms with E-state index >= 15 is 0 Å². The molecule has 3 heteroatoms. The lowest BCUT2D eigenvalue weighted by molar-refractivity contribution is 0.666. The SMILES string of the molecule is Cc1cc(C)c2c(C)c1CCCc1cccc(n1)CCCc1c(C)cc(C)c(c1C)CNCc1cccc(n1)CCC2. The van der Waals surface area contributed by atoms with Gasteiger partial charge in [0.25, 0.3) is 0 Å². The Bertz CT molecular complexity index is 1330. The van der Waals surface area contributed by atoms with Crippen LogP contribution in [-0.2, 0) is 51.6 Å². The molecular weight excluding hydrogens is 510 g/mol. The molecule has 4 aromatic rings. The van der Waals surface area contributed by atoms with Crippen LogP contribution in [0.3, 0.4) is 0 Å². The van der Waals surface area contributed by atoms with Crippen molar-refractivity contribution in [1.82, 2.24) is 15.3 Å². The van der Waals surface area contributed by atoms with E-state index in [-0.39, 0.29) is 0 Å². The summed E-state index contributed by atoms with van der Waals surface area (Å²) in [6.07, 6.45) is 9.75. The predicted octanol–water partition coefficient (Wildman–Crippen LogP) is 8.46. The number of hydrogen-bond acceptors (Lipinski definition) is 3. The van der Waals surface area contributed by atoms with Gasteiger partial charge in [0.2, 0.25) is 0 Å². The molecule has 0 radical (unpaired) electrons. The van der Waals surface area contributed by atoms with E-state index < -0.39 is 0 Å². The number of hydrogen-bond donors (Lipinski definition) is 1. The molecule has 0 unspecified atom stereocenters. The molecule has 8 bridgehead atoms. The Kier molecular flexibility index (Phi) is 9.90. The summed E-state index contributed by atoms with van der Waals surface area (Å²) in [6.45, 7) is 15.4.